The standard InChI is InChI=1S/C16H19N3O10S3/c1-10-7-12(17)15(27-5-2-6-31(21,22)23)9-13(10)18-19-14-8-11(30-29-28-20)3-4-16(14)32(24,25)26/h3-4,7-9,20H,2,5-6,17H2,1H3,(H,21,22,23)(H,24,25,26). The molecule has 2 aromatic rings. The van der Waals surface area contributed by atoms with Crippen LogP contribution in [0.4, 0.5) is 17.1 Å². The first kappa shape index (κ1) is 25.9. The maximum atomic E-state index is 11.6. The first-order valence-electron chi connectivity index (χ1n) is 8.57. The number of nitrogens with zero attached hydrogens (tertiary/aromatic N) is 2. The highest BCUT2D eigenvalue weighted by atomic mass is 32.2. The molecule has 2 rings (SSSR count). The van der Waals surface area contributed by atoms with Crippen LogP contribution in [0.2, 0.25) is 0 Å². The number of nitrogens with two attached hydrogens (primary N) is 1. The van der Waals surface area contributed by atoms with Crippen LogP contribution in [-0.2, 0) is 29.6 Å². The molecule has 0 heterocycles. The Morgan fingerprint density at radius 1 is 1.06 bits per heavy atom. The Bertz CT molecular complexity index is 1200. The van der Waals surface area contributed by atoms with E-state index in [0.717, 1.165) is 6.07 Å². The van der Waals surface area contributed by atoms with E-state index in [9.17, 15) is 21.4 Å². The fourth-order valence-electron chi connectivity index (χ4n) is 2.36. The van der Waals surface area contributed by atoms with Crippen molar-refractivity contribution in [1.29, 1.82) is 0 Å². The summed E-state index contributed by atoms with van der Waals surface area (Å²) in [5.74, 6) is -0.309. The molecule has 176 valence electrons. The summed E-state index contributed by atoms with van der Waals surface area (Å²) in [7, 11) is -8.74. The van der Waals surface area contributed by atoms with Crippen LogP contribution in [0.25, 0.3) is 0 Å². The number of azo groups is 1. The van der Waals surface area contributed by atoms with E-state index in [1.165, 1.54) is 24.3 Å². The molecule has 0 saturated carbocycles. The summed E-state index contributed by atoms with van der Waals surface area (Å²) in [6, 6.07) is 6.49. The molecular formula is C16H19N3O10S3. The molecule has 13 nitrogen and oxygen atoms in total. The lowest BCUT2D eigenvalue weighted by Crippen LogP contribution is -2.09. The minimum absolute atomic E-state index is 0.0187. The van der Waals surface area contributed by atoms with Crippen molar-refractivity contribution in [2.45, 2.75) is 23.1 Å². The van der Waals surface area contributed by atoms with Gasteiger partial charge in [-0.3, -0.25) is 9.11 Å². The Hall–Kier alpha value is -2.31. The maximum Gasteiger partial charge on any atom is 0.296 e. The SMILES string of the molecule is Cc1cc(N)c(OCCCS(=O)(=O)O)cc1N=Nc1cc(SOOO)ccc1S(=O)(=O)O. The van der Waals surface area contributed by atoms with Crippen LogP contribution in [-0.4, -0.2) is 43.6 Å². The van der Waals surface area contributed by atoms with E-state index in [2.05, 4.69) is 19.6 Å². The molecule has 0 aromatic heterocycles. The van der Waals surface area contributed by atoms with Crippen LogP contribution >= 0.6 is 12.0 Å². The molecule has 16 heteroatoms. The summed E-state index contributed by atoms with van der Waals surface area (Å²) in [4.78, 5) is -0.248. The summed E-state index contributed by atoms with van der Waals surface area (Å²) in [5.41, 5.74) is 6.71. The van der Waals surface area contributed by atoms with E-state index in [0.29, 0.717) is 17.6 Å². The molecule has 0 radical (unpaired) electrons. The predicted molar refractivity (Wildman–Crippen MR) is 113 cm³/mol. The molecule has 0 bridgehead atoms. The minimum atomic E-state index is -4.63. The van der Waals surface area contributed by atoms with Gasteiger partial charge in [-0.25, -0.2) is 5.26 Å². The summed E-state index contributed by atoms with van der Waals surface area (Å²) in [5, 5.41) is 19.6. The highest BCUT2D eigenvalue weighted by molar-refractivity contribution is 7.94. The third-order valence-corrected chi connectivity index (χ3v) is 6.05. The number of hydrogen-bond donors (Lipinski definition) is 4. The first-order chi connectivity index (χ1) is 14.9. The topological polar surface area (TPSA) is 207 Å². The molecule has 0 atom stereocenters. The molecule has 0 saturated heterocycles. The lowest BCUT2D eigenvalue weighted by molar-refractivity contribution is -0.432. The van der Waals surface area contributed by atoms with Crippen molar-refractivity contribution in [3.8, 4) is 5.75 Å². The van der Waals surface area contributed by atoms with Gasteiger partial charge in [0.05, 0.1) is 35.8 Å². The molecule has 0 aliphatic heterocycles. The van der Waals surface area contributed by atoms with Gasteiger partial charge in [0.25, 0.3) is 20.2 Å². The molecule has 0 aliphatic carbocycles. The van der Waals surface area contributed by atoms with Crippen LogP contribution in [0.3, 0.4) is 0 Å². The van der Waals surface area contributed by atoms with Gasteiger partial charge in [0, 0.05) is 11.0 Å². The molecule has 0 aliphatic rings. The molecule has 0 unspecified atom stereocenters. The molecule has 5 N–H and O–H groups in total. The first-order valence-corrected chi connectivity index (χ1v) is 12.4. The smallest absolute Gasteiger partial charge is 0.296 e. The number of ether oxygens (including phenoxy) is 1. The van der Waals surface area contributed by atoms with Crippen molar-refractivity contribution in [1.82, 2.24) is 0 Å². The van der Waals surface area contributed by atoms with Crippen LogP contribution in [0.5, 0.6) is 5.75 Å². The number of nitrogen functional groups attached to an aromatic ring is 1. The largest absolute Gasteiger partial charge is 0.491 e. The van der Waals surface area contributed by atoms with E-state index in [4.69, 9.17) is 20.3 Å². The molecule has 32 heavy (non-hydrogen) atoms. The molecule has 0 fully saturated rings. The average molecular weight is 510 g/mol. The Balaban J connectivity index is 2.32. The Morgan fingerprint density at radius 3 is 2.38 bits per heavy atom. The number of hydrogen-bond acceptors (Lipinski definition) is 12. The summed E-state index contributed by atoms with van der Waals surface area (Å²) < 4.78 is 72.7. The second-order valence-electron chi connectivity index (χ2n) is 6.20. The van der Waals surface area contributed by atoms with E-state index < -0.39 is 30.9 Å². The summed E-state index contributed by atoms with van der Waals surface area (Å²) in [6.45, 7) is 1.61. The second kappa shape index (κ2) is 11.0. The summed E-state index contributed by atoms with van der Waals surface area (Å²) in [6.07, 6.45) is 0.0187. The normalized spacial score (nSPS) is 12.4. The van der Waals surface area contributed by atoms with Crippen molar-refractivity contribution in [2.24, 2.45) is 10.2 Å². The van der Waals surface area contributed by atoms with E-state index in [1.54, 1.807) is 6.92 Å². The Labute approximate surface area is 187 Å². The summed E-state index contributed by atoms with van der Waals surface area (Å²) >= 11 is 0.549. The molecule has 0 spiro atoms. The van der Waals surface area contributed by atoms with Crippen LogP contribution in [0.1, 0.15) is 12.0 Å². The zero-order chi connectivity index (χ0) is 23.9. The van der Waals surface area contributed by atoms with Crippen molar-refractivity contribution in [2.75, 3.05) is 18.1 Å². The van der Waals surface area contributed by atoms with Crippen LogP contribution in [0, 0.1) is 6.92 Å². The third kappa shape index (κ3) is 7.99. The van der Waals surface area contributed by atoms with Crippen LogP contribution < -0.4 is 10.5 Å². The number of rotatable bonds is 11. The van der Waals surface area contributed by atoms with Gasteiger partial charge >= 0.3 is 0 Å². The van der Waals surface area contributed by atoms with Gasteiger partial charge in [-0.1, -0.05) is 5.04 Å². The monoisotopic (exact) mass is 509 g/mol. The predicted octanol–water partition coefficient (Wildman–Crippen LogP) is 3.32. The van der Waals surface area contributed by atoms with Crippen molar-refractivity contribution >= 4 is 49.3 Å². The van der Waals surface area contributed by atoms with Crippen molar-refractivity contribution in [3.63, 3.8) is 0 Å². The highest BCUT2D eigenvalue weighted by Gasteiger charge is 2.17. The lowest BCUT2D eigenvalue weighted by Gasteiger charge is -2.11. The van der Waals surface area contributed by atoms with Gasteiger partial charge in [-0.05, 0) is 43.2 Å². The zero-order valence-electron chi connectivity index (χ0n) is 16.4. The van der Waals surface area contributed by atoms with Gasteiger partial charge in [-0.15, -0.1) is 9.45 Å². The van der Waals surface area contributed by atoms with Gasteiger partial charge in [0.2, 0.25) is 0 Å². The highest BCUT2D eigenvalue weighted by Crippen LogP contribution is 2.35. The van der Waals surface area contributed by atoms with Gasteiger partial charge in [0.15, 0.2) is 0 Å². The van der Waals surface area contributed by atoms with Gasteiger partial charge in [0.1, 0.15) is 16.3 Å². The van der Waals surface area contributed by atoms with Crippen LogP contribution in [0.15, 0.2) is 50.4 Å². The van der Waals surface area contributed by atoms with Crippen molar-refractivity contribution < 1.29 is 45.3 Å². The number of benzene rings is 2. The molecule has 2 aromatic carbocycles. The quantitative estimate of drug-likeness (QED) is 0.0654. The molecule has 0 amide bonds. The fraction of sp³-hybridized carbons (Fsp3) is 0.250. The third-order valence-electron chi connectivity index (χ3n) is 3.77. The zero-order valence-corrected chi connectivity index (χ0v) is 18.9. The molecular weight excluding hydrogens is 490 g/mol. The lowest BCUT2D eigenvalue weighted by atomic mass is 10.1. The van der Waals surface area contributed by atoms with E-state index in [1.807, 2.05) is 0 Å². The van der Waals surface area contributed by atoms with Gasteiger partial charge < -0.3 is 10.5 Å². The Kier molecular flexibility index (Phi) is 8.93. The Morgan fingerprint density at radius 2 is 1.75 bits per heavy atom. The second-order valence-corrected chi connectivity index (χ2v) is 9.93. The van der Waals surface area contributed by atoms with E-state index >= 15 is 0 Å². The van der Waals surface area contributed by atoms with Gasteiger partial charge in [-0.2, -0.15) is 21.9 Å². The minimum Gasteiger partial charge on any atom is -0.491 e. The fourth-order valence-corrected chi connectivity index (χ4v) is 3.84. The van der Waals surface area contributed by atoms with Crippen molar-refractivity contribution in [3.05, 3.63) is 35.9 Å². The van der Waals surface area contributed by atoms with E-state index in [-0.39, 0.29) is 40.7 Å². The average Bonchev–Trinajstić information content (AvgIpc) is 2.68. The maximum absolute atomic E-state index is 11.6. The number of aryl methyl sites for hydroxylation is 1. The number of anilines is 1.